The third-order valence-corrected chi connectivity index (χ3v) is 7.45. The number of rotatable bonds is 8. The third kappa shape index (κ3) is 4.92. The SMILES string of the molecule is CCOC(=O)c1sc(N2C(=O)C(=O)/C(=C(/O)c3ccc(OC)cc3C)[C@@H]2c2ccc(OC)c(OC)c2)nc1C. The van der Waals surface area contributed by atoms with Gasteiger partial charge in [0.25, 0.3) is 5.78 Å². The van der Waals surface area contributed by atoms with E-state index >= 15 is 0 Å². The average Bonchev–Trinajstić information content (AvgIpc) is 3.44. The van der Waals surface area contributed by atoms with E-state index in [1.807, 2.05) is 0 Å². The summed E-state index contributed by atoms with van der Waals surface area (Å²) >= 11 is 0.935. The summed E-state index contributed by atoms with van der Waals surface area (Å²) in [5.74, 6) is -1.34. The first kappa shape index (κ1) is 27.6. The Labute approximate surface area is 229 Å². The molecule has 1 aliphatic rings. The minimum absolute atomic E-state index is 0.114. The number of hydrogen-bond acceptors (Lipinski definition) is 10. The minimum Gasteiger partial charge on any atom is -0.507 e. The topological polar surface area (TPSA) is 124 Å². The number of carbonyl (C=O) groups excluding carboxylic acids is 3. The van der Waals surface area contributed by atoms with Gasteiger partial charge in [-0.3, -0.25) is 14.5 Å². The number of methoxy groups -OCH3 is 3. The average molecular weight is 553 g/mol. The maximum atomic E-state index is 13.5. The van der Waals surface area contributed by atoms with Gasteiger partial charge >= 0.3 is 11.9 Å². The van der Waals surface area contributed by atoms with Gasteiger partial charge in [-0.1, -0.05) is 17.4 Å². The summed E-state index contributed by atoms with van der Waals surface area (Å²) in [5, 5.41) is 11.6. The van der Waals surface area contributed by atoms with Crippen molar-refractivity contribution in [1.29, 1.82) is 0 Å². The van der Waals surface area contributed by atoms with Gasteiger partial charge in [0.05, 0.1) is 45.2 Å². The van der Waals surface area contributed by atoms with Crippen LogP contribution in [0.25, 0.3) is 5.76 Å². The molecule has 0 saturated carbocycles. The molecule has 4 rings (SSSR count). The van der Waals surface area contributed by atoms with Gasteiger partial charge in [-0.2, -0.15) is 0 Å². The molecule has 2 aromatic carbocycles. The molecule has 1 aromatic heterocycles. The predicted molar refractivity (Wildman–Crippen MR) is 145 cm³/mol. The Hall–Kier alpha value is -4.38. The second-order valence-electron chi connectivity index (χ2n) is 8.60. The van der Waals surface area contributed by atoms with Crippen molar-refractivity contribution in [3.63, 3.8) is 0 Å². The molecule has 2 heterocycles. The van der Waals surface area contributed by atoms with Crippen LogP contribution in [-0.2, 0) is 14.3 Å². The van der Waals surface area contributed by atoms with Gasteiger partial charge in [0, 0.05) is 5.56 Å². The van der Waals surface area contributed by atoms with E-state index in [0.717, 1.165) is 11.3 Å². The second-order valence-corrected chi connectivity index (χ2v) is 9.57. The number of amides is 1. The van der Waals surface area contributed by atoms with Gasteiger partial charge in [0.1, 0.15) is 16.4 Å². The molecule has 1 fully saturated rings. The predicted octanol–water partition coefficient (Wildman–Crippen LogP) is 4.59. The summed E-state index contributed by atoms with van der Waals surface area (Å²) in [5.41, 5.74) is 1.68. The number of aromatic nitrogens is 1. The van der Waals surface area contributed by atoms with E-state index in [1.165, 1.54) is 26.2 Å². The first-order valence-corrected chi connectivity index (χ1v) is 12.8. The zero-order valence-electron chi connectivity index (χ0n) is 22.4. The molecule has 0 bridgehead atoms. The minimum atomic E-state index is -1.08. The van der Waals surface area contributed by atoms with Crippen LogP contribution in [0.4, 0.5) is 5.13 Å². The number of anilines is 1. The van der Waals surface area contributed by atoms with Crippen LogP contribution in [0.1, 0.15) is 45.0 Å². The summed E-state index contributed by atoms with van der Waals surface area (Å²) in [4.78, 5) is 45.4. The highest BCUT2D eigenvalue weighted by Gasteiger charge is 2.48. The van der Waals surface area contributed by atoms with Crippen LogP contribution in [0.3, 0.4) is 0 Å². The number of benzene rings is 2. The lowest BCUT2D eigenvalue weighted by atomic mass is 9.93. The molecule has 1 saturated heterocycles. The summed E-state index contributed by atoms with van der Waals surface area (Å²) in [6, 6.07) is 8.85. The zero-order valence-corrected chi connectivity index (χ0v) is 23.2. The summed E-state index contributed by atoms with van der Waals surface area (Å²) in [6.45, 7) is 5.23. The number of ketones is 1. The number of esters is 1. The fourth-order valence-electron chi connectivity index (χ4n) is 4.41. The van der Waals surface area contributed by atoms with Crippen LogP contribution in [0.5, 0.6) is 17.2 Å². The Morgan fingerprint density at radius 2 is 1.74 bits per heavy atom. The van der Waals surface area contributed by atoms with E-state index in [4.69, 9.17) is 18.9 Å². The number of carbonyl (C=O) groups is 3. The maximum absolute atomic E-state index is 13.5. The third-order valence-electron chi connectivity index (χ3n) is 6.31. The molecule has 204 valence electrons. The van der Waals surface area contributed by atoms with E-state index in [9.17, 15) is 19.5 Å². The molecular weight excluding hydrogens is 524 g/mol. The lowest BCUT2D eigenvalue weighted by Crippen LogP contribution is -2.29. The molecule has 11 heteroatoms. The van der Waals surface area contributed by atoms with Gasteiger partial charge in [-0.05, 0) is 62.2 Å². The van der Waals surface area contributed by atoms with Crippen molar-refractivity contribution in [3.8, 4) is 17.2 Å². The van der Waals surface area contributed by atoms with Gasteiger partial charge in [-0.25, -0.2) is 9.78 Å². The molecule has 0 radical (unpaired) electrons. The quantitative estimate of drug-likeness (QED) is 0.185. The first-order chi connectivity index (χ1) is 18.7. The molecule has 3 aromatic rings. The van der Waals surface area contributed by atoms with Crippen molar-refractivity contribution in [2.75, 3.05) is 32.8 Å². The molecule has 0 spiro atoms. The number of aryl methyl sites for hydroxylation is 2. The Morgan fingerprint density at radius 1 is 1.03 bits per heavy atom. The van der Waals surface area contributed by atoms with Gasteiger partial charge < -0.3 is 24.1 Å². The maximum Gasteiger partial charge on any atom is 0.350 e. The van der Waals surface area contributed by atoms with Crippen molar-refractivity contribution in [1.82, 2.24) is 4.98 Å². The fourth-order valence-corrected chi connectivity index (χ4v) is 5.40. The number of aliphatic hydroxyl groups is 1. The van der Waals surface area contributed by atoms with Gasteiger partial charge in [-0.15, -0.1) is 0 Å². The van der Waals surface area contributed by atoms with Crippen molar-refractivity contribution >= 4 is 39.9 Å². The molecule has 1 amide bonds. The fraction of sp³-hybridized carbons (Fsp3) is 0.286. The lowest BCUT2D eigenvalue weighted by Gasteiger charge is -2.24. The van der Waals surface area contributed by atoms with Crippen molar-refractivity contribution in [3.05, 3.63) is 69.2 Å². The van der Waals surface area contributed by atoms with E-state index in [0.29, 0.717) is 39.6 Å². The van der Waals surface area contributed by atoms with Crippen molar-refractivity contribution in [2.45, 2.75) is 26.8 Å². The number of hydrogen-bond donors (Lipinski definition) is 1. The van der Waals surface area contributed by atoms with Gasteiger partial charge in [0.2, 0.25) is 0 Å². The highest BCUT2D eigenvalue weighted by molar-refractivity contribution is 7.17. The van der Waals surface area contributed by atoms with Gasteiger partial charge in [0.15, 0.2) is 16.6 Å². The molecule has 1 atom stereocenters. The van der Waals surface area contributed by atoms with Crippen LogP contribution in [0.15, 0.2) is 42.0 Å². The molecule has 10 nitrogen and oxygen atoms in total. The van der Waals surface area contributed by atoms with Crippen LogP contribution >= 0.6 is 11.3 Å². The van der Waals surface area contributed by atoms with Crippen molar-refractivity contribution in [2.24, 2.45) is 0 Å². The normalized spacial score (nSPS) is 16.4. The number of Topliss-reactive ketones (excluding diaryl/α,β-unsaturated/α-hetero) is 1. The number of aliphatic hydroxyl groups excluding tert-OH is 1. The Kier molecular flexibility index (Phi) is 7.91. The molecule has 0 aliphatic carbocycles. The van der Waals surface area contributed by atoms with E-state index in [1.54, 1.807) is 57.2 Å². The van der Waals surface area contributed by atoms with Crippen molar-refractivity contribution < 1.29 is 38.4 Å². The van der Waals surface area contributed by atoms with E-state index in [-0.39, 0.29) is 27.9 Å². The molecule has 39 heavy (non-hydrogen) atoms. The lowest BCUT2D eigenvalue weighted by molar-refractivity contribution is -0.132. The Morgan fingerprint density at radius 3 is 2.36 bits per heavy atom. The van der Waals surface area contributed by atoms with Crippen LogP contribution < -0.4 is 19.1 Å². The van der Waals surface area contributed by atoms with E-state index < -0.39 is 23.7 Å². The Balaban J connectivity index is 1.96. The first-order valence-electron chi connectivity index (χ1n) is 12.0. The van der Waals surface area contributed by atoms with Crippen LogP contribution in [0.2, 0.25) is 0 Å². The second kappa shape index (κ2) is 11.2. The largest absolute Gasteiger partial charge is 0.507 e. The summed E-state index contributed by atoms with van der Waals surface area (Å²) < 4.78 is 21.2. The Bertz CT molecular complexity index is 1490. The standard InChI is InChI=1S/C28H28N2O8S/c1-7-38-27(34)25-15(3)29-28(39-25)30-22(16-8-11-19(36-5)20(13-16)37-6)21(24(32)26(30)33)23(31)18-10-9-17(35-4)12-14(18)2/h8-13,22,31H,7H2,1-6H3/b23-21+/t22-/m0/s1. The van der Waals surface area contributed by atoms with Crippen LogP contribution in [-0.4, -0.2) is 55.7 Å². The number of ether oxygens (including phenoxy) is 4. The number of nitrogens with zero attached hydrogens (tertiary/aromatic N) is 2. The molecule has 1 aliphatic heterocycles. The monoisotopic (exact) mass is 552 g/mol. The smallest absolute Gasteiger partial charge is 0.350 e. The molecule has 1 N–H and O–H groups in total. The zero-order chi connectivity index (χ0) is 28.4. The summed E-state index contributed by atoms with van der Waals surface area (Å²) in [6.07, 6.45) is 0. The summed E-state index contributed by atoms with van der Waals surface area (Å²) in [7, 11) is 4.48. The van der Waals surface area contributed by atoms with E-state index in [2.05, 4.69) is 4.98 Å². The number of thiazole rings is 1. The molecular formula is C28H28N2O8S. The van der Waals surface area contributed by atoms with Crippen LogP contribution in [0, 0.1) is 13.8 Å². The highest BCUT2D eigenvalue weighted by atomic mass is 32.1. The highest BCUT2D eigenvalue weighted by Crippen LogP contribution is 2.46. The molecule has 0 unspecified atom stereocenters.